The topological polar surface area (TPSA) is 76.2 Å². The fourth-order valence-electron chi connectivity index (χ4n) is 2.75. The van der Waals surface area contributed by atoms with Crippen LogP contribution in [0, 0.1) is 6.92 Å². The second kappa shape index (κ2) is 9.23. The van der Waals surface area contributed by atoms with Crippen molar-refractivity contribution in [2.24, 2.45) is 0 Å². The number of unbranched alkanes of at least 4 members (excludes halogenated alkanes) is 1. The molecule has 26 heavy (non-hydrogen) atoms. The standard InChI is InChI=1S/C18H28N2O5S/c1-4-6-13-25-17-8-7-16(14-15(17)3)26(22,23)20-11-9-19(10-12-20)18(21)24-5-2/h7-8,14H,4-6,9-13H2,1-3H3. The third-order valence-electron chi connectivity index (χ3n) is 4.30. The van der Waals surface area contributed by atoms with Crippen LogP contribution in [0.25, 0.3) is 0 Å². The number of sulfonamides is 1. The van der Waals surface area contributed by atoms with E-state index in [-0.39, 0.29) is 18.0 Å². The molecule has 0 N–H and O–H groups in total. The van der Waals surface area contributed by atoms with Gasteiger partial charge in [-0.1, -0.05) is 13.3 Å². The summed E-state index contributed by atoms with van der Waals surface area (Å²) in [7, 11) is -3.59. The first kappa shape index (κ1) is 20.5. The second-order valence-corrected chi connectivity index (χ2v) is 8.16. The van der Waals surface area contributed by atoms with E-state index in [0.29, 0.717) is 32.1 Å². The van der Waals surface area contributed by atoms with Gasteiger partial charge >= 0.3 is 6.09 Å². The minimum absolute atomic E-state index is 0.252. The predicted octanol–water partition coefficient (Wildman–Crippen LogP) is 2.64. The van der Waals surface area contributed by atoms with Gasteiger partial charge in [-0.25, -0.2) is 13.2 Å². The van der Waals surface area contributed by atoms with Crippen molar-refractivity contribution in [2.75, 3.05) is 39.4 Å². The van der Waals surface area contributed by atoms with Gasteiger partial charge in [0, 0.05) is 26.2 Å². The van der Waals surface area contributed by atoms with Crippen LogP contribution >= 0.6 is 0 Å². The van der Waals surface area contributed by atoms with Gasteiger partial charge in [0.15, 0.2) is 0 Å². The van der Waals surface area contributed by atoms with Crippen LogP contribution in [-0.4, -0.2) is 63.1 Å². The molecule has 0 aromatic heterocycles. The molecule has 0 atom stereocenters. The summed E-state index contributed by atoms with van der Waals surface area (Å²) in [5.41, 5.74) is 0.798. The smallest absolute Gasteiger partial charge is 0.409 e. The van der Waals surface area contributed by atoms with Crippen molar-refractivity contribution < 1.29 is 22.7 Å². The molecule has 0 bridgehead atoms. The van der Waals surface area contributed by atoms with Crippen molar-refractivity contribution >= 4 is 16.1 Å². The number of benzene rings is 1. The lowest BCUT2D eigenvalue weighted by Gasteiger charge is -2.33. The van der Waals surface area contributed by atoms with Crippen LogP contribution in [0.3, 0.4) is 0 Å². The van der Waals surface area contributed by atoms with E-state index in [1.165, 1.54) is 9.21 Å². The minimum atomic E-state index is -3.59. The molecule has 0 aliphatic carbocycles. The molecule has 1 aliphatic rings. The molecule has 2 rings (SSSR count). The lowest BCUT2D eigenvalue weighted by molar-refractivity contribution is 0.0934. The van der Waals surface area contributed by atoms with Crippen LogP contribution in [0.1, 0.15) is 32.3 Å². The van der Waals surface area contributed by atoms with Crippen LogP contribution in [0.4, 0.5) is 4.79 Å². The maximum Gasteiger partial charge on any atom is 0.409 e. The fourth-order valence-corrected chi connectivity index (χ4v) is 4.25. The molecule has 0 unspecified atom stereocenters. The Kier molecular flexibility index (Phi) is 7.28. The summed E-state index contributed by atoms with van der Waals surface area (Å²) >= 11 is 0. The Balaban J connectivity index is 2.04. The monoisotopic (exact) mass is 384 g/mol. The zero-order chi connectivity index (χ0) is 19.2. The molecule has 1 aliphatic heterocycles. The highest BCUT2D eigenvalue weighted by Crippen LogP contribution is 2.25. The van der Waals surface area contributed by atoms with Gasteiger partial charge in [-0.15, -0.1) is 0 Å². The first-order valence-electron chi connectivity index (χ1n) is 9.05. The Morgan fingerprint density at radius 1 is 1.15 bits per heavy atom. The lowest BCUT2D eigenvalue weighted by Crippen LogP contribution is -2.50. The van der Waals surface area contributed by atoms with Crippen LogP contribution in [0.5, 0.6) is 5.75 Å². The fraction of sp³-hybridized carbons (Fsp3) is 0.611. The van der Waals surface area contributed by atoms with Gasteiger partial charge in [0.1, 0.15) is 5.75 Å². The molecule has 7 nitrogen and oxygen atoms in total. The summed E-state index contributed by atoms with van der Waals surface area (Å²) in [6.07, 6.45) is 1.61. The average Bonchev–Trinajstić information content (AvgIpc) is 2.63. The van der Waals surface area contributed by atoms with Crippen LogP contribution in [-0.2, 0) is 14.8 Å². The van der Waals surface area contributed by atoms with E-state index >= 15 is 0 Å². The molecule has 0 spiro atoms. The quantitative estimate of drug-likeness (QED) is 0.676. The van der Waals surface area contributed by atoms with E-state index in [2.05, 4.69) is 6.92 Å². The van der Waals surface area contributed by atoms with Crippen molar-refractivity contribution in [1.82, 2.24) is 9.21 Å². The second-order valence-electron chi connectivity index (χ2n) is 6.22. The van der Waals surface area contributed by atoms with Gasteiger partial charge in [0.05, 0.1) is 18.1 Å². The van der Waals surface area contributed by atoms with Crippen LogP contribution < -0.4 is 4.74 Å². The summed E-state index contributed by atoms with van der Waals surface area (Å²) in [6, 6.07) is 4.95. The summed E-state index contributed by atoms with van der Waals surface area (Å²) in [4.78, 5) is 13.5. The van der Waals surface area contributed by atoms with Crippen molar-refractivity contribution in [3.8, 4) is 5.75 Å². The number of carbonyl (C=O) groups excluding carboxylic acids is 1. The number of hydrogen-bond donors (Lipinski definition) is 0. The SMILES string of the molecule is CCCCOc1ccc(S(=O)(=O)N2CCN(C(=O)OCC)CC2)cc1C. The Morgan fingerprint density at radius 3 is 2.42 bits per heavy atom. The van der Waals surface area contributed by atoms with Gasteiger partial charge in [-0.3, -0.25) is 0 Å². The predicted molar refractivity (Wildman–Crippen MR) is 98.9 cm³/mol. The van der Waals surface area contributed by atoms with Gasteiger partial charge in [-0.05, 0) is 44.0 Å². The first-order chi connectivity index (χ1) is 12.4. The number of ether oxygens (including phenoxy) is 2. The maximum atomic E-state index is 12.9. The normalized spacial score (nSPS) is 15.7. The highest BCUT2D eigenvalue weighted by atomic mass is 32.2. The third kappa shape index (κ3) is 4.88. The van der Waals surface area contributed by atoms with Gasteiger partial charge < -0.3 is 14.4 Å². The number of hydrogen-bond acceptors (Lipinski definition) is 5. The Hall–Kier alpha value is -1.80. The average molecular weight is 384 g/mol. The number of carbonyl (C=O) groups is 1. The number of aryl methyl sites for hydroxylation is 1. The van der Waals surface area contributed by atoms with E-state index in [4.69, 9.17) is 9.47 Å². The van der Waals surface area contributed by atoms with Crippen molar-refractivity contribution in [3.63, 3.8) is 0 Å². The molecule has 1 fully saturated rings. The molecule has 146 valence electrons. The van der Waals surface area contributed by atoms with Gasteiger partial charge in [0.2, 0.25) is 10.0 Å². The zero-order valence-electron chi connectivity index (χ0n) is 15.7. The largest absolute Gasteiger partial charge is 0.493 e. The molecule has 1 aromatic carbocycles. The summed E-state index contributed by atoms with van der Waals surface area (Å²) in [6.45, 7) is 7.79. The molecule has 1 heterocycles. The van der Waals surface area contributed by atoms with E-state index < -0.39 is 16.1 Å². The van der Waals surface area contributed by atoms with E-state index in [9.17, 15) is 13.2 Å². The lowest BCUT2D eigenvalue weighted by atomic mass is 10.2. The van der Waals surface area contributed by atoms with Gasteiger partial charge in [0.25, 0.3) is 0 Å². The molecule has 8 heteroatoms. The summed E-state index contributed by atoms with van der Waals surface area (Å²) in [5.74, 6) is 0.713. The highest BCUT2D eigenvalue weighted by Gasteiger charge is 2.30. The number of piperazine rings is 1. The van der Waals surface area contributed by atoms with E-state index in [1.54, 1.807) is 25.1 Å². The molecule has 1 saturated heterocycles. The van der Waals surface area contributed by atoms with Crippen molar-refractivity contribution in [3.05, 3.63) is 23.8 Å². The van der Waals surface area contributed by atoms with Crippen molar-refractivity contribution in [2.45, 2.75) is 38.5 Å². The Bertz CT molecular complexity index is 712. The number of amides is 1. The maximum absolute atomic E-state index is 12.9. The number of nitrogens with zero attached hydrogens (tertiary/aromatic N) is 2. The van der Waals surface area contributed by atoms with Crippen LogP contribution in [0.15, 0.2) is 23.1 Å². The number of rotatable bonds is 7. The Labute approximate surface area is 155 Å². The minimum Gasteiger partial charge on any atom is -0.493 e. The molecular formula is C18H28N2O5S. The van der Waals surface area contributed by atoms with Gasteiger partial charge in [-0.2, -0.15) is 4.31 Å². The Morgan fingerprint density at radius 2 is 1.85 bits per heavy atom. The molecule has 1 amide bonds. The molecular weight excluding hydrogens is 356 g/mol. The molecule has 0 radical (unpaired) electrons. The highest BCUT2D eigenvalue weighted by molar-refractivity contribution is 7.89. The molecule has 1 aromatic rings. The molecule has 0 saturated carbocycles. The van der Waals surface area contributed by atoms with E-state index in [1.807, 2.05) is 6.92 Å². The summed E-state index contributed by atoms with van der Waals surface area (Å²) < 4.78 is 37.8. The zero-order valence-corrected chi connectivity index (χ0v) is 16.5. The summed E-state index contributed by atoms with van der Waals surface area (Å²) in [5, 5.41) is 0. The first-order valence-corrected chi connectivity index (χ1v) is 10.5. The third-order valence-corrected chi connectivity index (χ3v) is 6.20. The van der Waals surface area contributed by atoms with E-state index in [0.717, 1.165) is 18.4 Å². The van der Waals surface area contributed by atoms with Crippen LogP contribution in [0.2, 0.25) is 0 Å². The van der Waals surface area contributed by atoms with Crippen molar-refractivity contribution in [1.29, 1.82) is 0 Å².